The van der Waals surface area contributed by atoms with Gasteiger partial charge in [0.25, 0.3) is 5.91 Å². The van der Waals surface area contributed by atoms with Gasteiger partial charge in [-0.2, -0.15) is 0 Å². The van der Waals surface area contributed by atoms with Gasteiger partial charge in [0.05, 0.1) is 5.52 Å². The van der Waals surface area contributed by atoms with Gasteiger partial charge in [0, 0.05) is 45.2 Å². The summed E-state index contributed by atoms with van der Waals surface area (Å²) in [5, 5.41) is 0. The summed E-state index contributed by atoms with van der Waals surface area (Å²) in [4.78, 5) is 40.3. The number of oxazole rings is 1. The van der Waals surface area contributed by atoms with E-state index in [-0.39, 0.29) is 11.8 Å². The van der Waals surface area contributed by atoms with Gasteiger partial charge in [0.15, 0.2) is 5.58 Å². The third-order valence-corrected chi connectivity index (χ3v) is 4.92. The lowest BCUT2D eigenvalue weighted by atomic mass is 10.1. The number of aryl methyl sites for hydroxylation is 1. The zero-order valence-corrected chi connectivity index (χ0v) is 15.4. The summed E-state index contributed by atoms with van der Waals surface area (Å²) in [6.45, 7) is 4.47. The maximum atomic E-state index is 12.8. The van der Waals surface area contributed by atoms with Crippen LogP contribution in [0.1, 0.15) is 43.0 Å². The molecule has 0 saturated carbocycles. The molecule has 0 unspecified atom stereocenters. The Morgan fingerprint density at radius 1 is 1.12 bits per heavy atom. The number of rotatable bonds is 4. The molecule has 140 valence electrons. The van der Waals surface area contributed by atoms with E-state index in [4.69, 9.17) is 4.42 Å². The summed E-state index contributed by atoms with van der Waals surface area (Å²) in [5.74, 6) is -0.365. The van der Waals surface area contributed by atoms with Crippen LogP contribution in [0.25, 0.3) is 11.1 Å². The topological polar surface area (TPSA) is 75.8 Å². The molecule has 26 heavy (non-hydrogen) atoms. The first-order valence-electron chi connectivity index (χ1n) is 9.18. The Kier molecular flexibility index (Phi) is 5.44. The Labute approximate surface area is 152 Å². The van der Waals surface area contributed by atoms with Crippen molar-refractivity contribution >= 4 is 22.9 Å². The zero-order chi connectivity index (χ0) is 18.7. The Balaban J connectivity index is 1.70. The molecule has 7 heteroatoms. The predicted molar refractivity (Wildman–Crippen MR) is 98.1 cm³/mol. The van der Waals surface area contributed by atoms with Crippen molar-refractivity contribution < 1.29 is 14.0 Å². The summed E-state index contributed by atoms with van der Waals surface area (Å²) in [5.41, 5.74) is 1.57. The summed E-state index contributed by atoms with van der Waals surface area (Å²) in [7, 11) is 1.63. The second kappa shape index (κ2) is 7.76. The van der Waals surface area contributed by atoms with Crippen molar-refractivity contribution in [1.82, 2.24) is 14.4 Å². The van der Waals surface area contributed by atoms with Crippen LogP contribution in [0.2, 0.25) is 0 Å². The number of hydrogen-bond acceptors (Lipinski definition) is 4. The normalized spacial score (nSPS) is 15.3. The van der Waals surface area contributed by atoms with E-state index in [1.54, 1.807) is 30.1 Å². The number of hydrogen-bond donors (Lipinski definition) is 0. The molecule has 0 N–H and O–H groups in total. The fraction of sp³-hybridized carbons (Fsp3) is 0.526. The van der Waals surface area contributed by atoms with Crippen molar-refractivity contribution in [3.63, 3.8) is 0 Å². The van der Waals surface area contributed by atoms with Crippen LogP contribution in [-0.2, 0) is 11.8 Å². The molecule has 2 aromatic rings. The number of nitrogens with zero attached hydrogens (tertiary/aromatic N) is 3. The molecule has 1 aromatic heterocycles. The molecule has 1 aromatic carbocycles. The van der Waals surface area contributed by atoms with Gasteiger partial charge >= 0.3 is 5.76 Å². The number of benzene rings is 1. The molecule has 3 rings (SSSR count). The van der Waals surface area contributed by atoms with Crippen LogP contribution in [0.4, 0.5) is 0 Å². The van der Waals surface area contributed by atoms with Gasteiger partial charge in [-0.3, -0.25) is 14.2 Å². The zero-order valence-electron chi connectivity index (χ0n) is 15.4. The molecule has 1 saturated heterocycles. The van der Waals surface area contributed by atoms with Gasteiger partial charge in [-0.05, 0) is 31.0 Å². The minimum Gasteiger partial charge on any atom is -0.408 e. The van der Waals surface area contributed by atoms with E-state index in [0.717, 1.165) is 19.3 Å². The van der Waals surface area contributed by atoms with Crippen LogP contribution in [0.3, 0.4) is 0 Å². The van der Waals surface area contributed by atoms with E-state index in [2.05, 4.69) is 6.92 Å². The molecule has 0 radical (unpaired) electrons. The lowest BCUT2D eigenvalue weighted by Gasteiger charge is -2.22. The number of unbranched alkanes of at least 4 members (excludes halogenated alkanes) is 1. The third kappa shape index (κ3) is 3.66. The highest BCUT2D eigenvalue weighted by Gasteiger charge is 2.23. The van der Waals surface area contributed by atoms with Gasteiger partial charge in [-0.25, -0.2) is 4.79 Å². The lowest BCUT2D eigenvalue weighted by molar-refractivity contribution is -0.131. The molecule has 7 nitrogen and oxygen atoms in total. The Bertz CT molecular complexity index is 867. The quantitative estimate of drug-likeness (QED) is 0.837. The third-order valence-electron chi connectivity index (χ3n) is 4.92. The molecule has 2 amide bonds. The molecule has 2 heterocycles. The van der Waals surface area contributed by atoms with E-state index in [1.807, 2.05) is 4.90 Å². The maximum absolute atomic E-state index is 12.8. The molecule has 1 fully saturated rings. The number of carbonyl (C=O) groups excluding carboxylic acids is 2. The summed E-state index contributed by atoms with van der Waals surface area (Å²) in [6, 6.07) is 5.06. The van der Waals surface area contributed by atoms with Crippen molar-refractivity contribution in [2.45, 2.75) is 32.6 Å². The second-order valence-electron chi connectivity index (χ2n) is 6.74. The van der Waals surface area contributed by atoms with E-state index >= 15 is 0 Å². The Morgan fingerprint density at radius 2 is 1.85 bits per heavy atom. The number of amides is 2. The fourth-order valence-electron chi connectivity index (χ4n) is 3.31. The van der Waals surface area contributed by atoms with Gasteiger partial charge < -0.3 is 14.2 Å². The number of carbonyl (C=O) groups is 2. The van der Waals surface area contributed by atoms with E-state index in [1.165, 1.54) is 4.57 Å². The molecular weight excluding hydrogens is 334 g/mol. The average Bonchev–Trinajstić information content (AvgIpc) is 2.82. The summed E-state index contributed by atoms with van der Waals surface area (Å²) in [6.07, 6.45) is 3.25. The highest BCUT2D eigenvalue weighted by molar-refractivity contribution is 5.97. The second-order valence-corrected chi connectivity index (χ2v) is 6.74. The monoisotopic (exact) mass is 359 g/mol. The first-order valence-corrected chi connectivity index (χ1v) is 9.18. The Morgan fingerprint density at radius 3 is 2.62 bits per heavy atom. The van der Waals surface area contributed by atoms with E-state index in [0.29, 0.717) is 49.3 Å². The highest BCUT2D eigenvalue weighted by atomic mass is 16.4. The summed E-state index contributed by atoms with van der Waals surface area (Å²) >= 11 is 0. The van der Waals surface area contributed by atoms with Crippen LogP contribution in [0, 0.1) is 0 Å². The van der Waals surface area contributed by atoms with Crippen molar-refractivity contribution in [2.75, 3.05) is 26.2 Å². The van der Waals surface area contributed by atoms with Crippen molar-refractivity contribution in [3.8, 4) is 0 Å². The smallest absolute Gasteiger partial charge is 0.408 e. The number of aromatic nitrogens is 1. The molecule has 0 aliphatic carbocycles. The van der Waals surface area contributed by atoms with Gasteiger partial charge in [0.2, 0.25) is 5.91 Å². The SMILES string of the molecule is CCCCC(=O)N1CCCN(C(=O)c2ccc3c(c2)oc(=O)n3C)CC1. The van der Waals surface area contributed by atoms with Crippen molar-refractivity contribution in [2.24, 2.45) is 7.05 Å². The van der Waals surface area contributed by atoms with Gasteiger partial charge in [-0.1, -0.05) is 13.3 Å². The average molecular weight is 359 g/mol. The highest BCUT2D eigenvalue weighted by Crippen LogP contribution is 2.17. The minimum atomic E-state index is -0.444. The van der Waals surface area contributed by atoms with Crippen molar-refractivity contribution in [1.29, 1.82) is 0 Å². The standard InChI is InChI=1S/C19H25N3O4/c1-3-4-6-17(23)21-9-5-10-22(12-11-21)18(24)14-7-8-15-16(13-14)26-19(25)20(15)2/h7-8,13H,3-6,9-12H2,1-2H3. The van der Waals surface area contributed by atoms with E-state index < -0.39 is 5.76 Å². The van der Waals surface area contributed by atoms with Crippen LogP contribution in [0.15, 0.2) is 27.4 Å². The maximum Gasteiger partial charge on any atom is 0.419 e. The van der Waals surface area contributed by atoms with Crippen LogP contribution in [-0.4, -0.2) is 52.4 Å². The molecular formula is C19H25N3O4. The molecule has 1 aliphatic heterocycles. The predicted octanol–water partition coefficient (Wildman–Crippen LogP) is 2.00. The minimum absolute atomic E-state index is 0.0961. The van der Waals surface area contributed by atoms with Gasteiger partial charge in [-0.15, -0.1) is 0 Å². The molecule has 0 spiro atoms. The van der Waals surface area contributed by atoms with Crippen LogP contribution < -0.4 is 5.76 Å². The van der Waals surface area contributed by atoms with E-state index in [9.17, 15) is 14.4 Å². The molecule has 1 aliphatic rings. The Hall–Kier alpha value is -2.57. The number of fused-ring (bicyclic) bond motifs is 1. The molecule has 0 bridgehead atoms. The fourth-order valence-corrected chi connectivity index (χ4v) is 3.31. The largest absolute Gasteiger partial charge is 0.419 e. The van der Waals surface area contributed by atoms with Crippen molar-refractivity contribution in [3.05, 3.63) is 34.3 Å². The van der Waals surface area contributed by atoms with Crippen LogP contribution in [0.5, 0.6) is 0 Å². The van der Waals surface area contributed by atoms with Gasteiger partial charge in [0.1, 0.15) is 0 Å². The molecule has 0 atom stereocenters. The van der Waals surface area contributed by atoms with Crippen LogP contribution >= 0.6 is 0 Å². The first kappa shape index (κ1) is 18.2. The first-order chi connectivity index (χ1) is 12.5. The lowest BCUT2D eigenvalue weighted by Crippen LogP contribution is -2.37. The summed E-state index contributed by atoms with van der Waals surface area (Å²) < 4.78 is 6.58.